The van der Waals surface area contributed by atoms with Crippen LogP contribution in [-0.4, -0.2) is 47.4 Å². The van der Waals surface area contributed by atoms with E-state index in [2.05, 4.69) is 19.2 Å². The molecule has 0 rings (SSSR count). The van der Waals surface area contributed by atoms with Gasteiger partial charge in [-0.05, 0) is 32.1 Å². The van der Waals surface area contributed by atoms with Crippen LogP contribution in [-0.2, 0) is 14.3 Å². The van der Waals surface area contributed by atoms with Crippen LogP contribution in [0.4, 0.5) is 0 Å². The Morgan fingerprint density at radius 1 is 0.321 bits per heavy atom. The standard InChI is InChI=1S/C78H153NO5/c1-3-5-7-9-11-13-15-17-19-20-21-22-30-33-36-39-43-46-50-54-58-62-66-70-76(81)75(74-80)79-77(82)71-67-63-59-55-51-47-44-40-37-34-31-28-26-24-23-25-27-29-32-35-38-41-45-49-53-57-61-65-69-73-84-78(83)72-68-64-60-56-52-48-42-18-16-14-12-10-8-6-4-2/h66,70,75-76,80-81H,3-65,67-69,71-74H2,1-2H3,(H,79,82)/b70-66+. The molecule has 84 heavy (non-hydrogen) atoms. The molecule has 0 heterocycles. The van der Waals surface area contributed by atoms with Crippen molar-refractivity contribution < 1.29 is 24.5 Å². The molecule has 0 aliphatic rings. The average molecular weight is 1190 g/mol. The number of rotatable bonds is 74. The second-order valence-corrected chi connectivity index (χ2v) is 27.1. The molecule has 2 unspecified atom stereocenters. The summed E-state index contributed by atoms with van der Waals surface area (Å²) in [5.41, 5.74) is 0. The van der Waals surface area contributed by atoms with Crippen molar-refractivity contribution in [2.45, 2.75) is 463 Å². The smallest absolute Gasteiger partial charge is 0.305 e. The van der Waals surface area contributed by atoms with Crippen LogP contribution >= 0.6 is 0 Å². The van der Waals surface area contributed by atoms with Gasteiger partial charge in [-0.3, -0.25) is 9.59 Å². The zero-order valence-electron chi connectivity index (χ0n) is 57.4. The number of carbonyl (C=O) groups excluding carboxylic acids is 2. The third-order valence-electron chi connectivity index (χ3n) is 18.6. The quantitative estimate of drug-likeness (QED) is 0.0320. The first-order valence-electron chi connectivity index (χ1n) is 39.0. The summed E-state index contributed by atoms with van der Waals surface area (Å²) in [7, 11) is 0. The summed E-state index contributed by atoms with van der Waals surface area (Å²) >= 11 is 0. The zero-order valence-corrected chi connectivity index (χ0v) is 57.4. The number of aliphatic hydroxyl groups excluding tert-OH is 2. The Kier molecular flexibility index (Phi) is 72.8. The van der Waals surface area contributed by atoms with Crippen LogP contribution in [0.2, 0.25) is 0 Å². The number of allylic oxidation sites excluding steroid dienone is 1. The molecule has 0 saturated heterocycles. The minimum atomic E-state index is -0.843. The lowest BCUT2D eigenvalue weighted by atomic mass is 10.0. The van der Waals surface area contributed by atoms with Gasteiger partial charge in [-0.1, -0.05) is 418 Å². The van der Waals surface area contributed by atoms with Crippen LogP contribution in [0.3, 0.4) is 0 Å². The Labute approximate surface area is 527 Å². The number of ether oxygens (including phenoxy) is 1. The molecule has 6 heteroatoms. The summed E-state index contributed by atoms with van der Waals surface area (Å²) in [6.45, 7) is 4.97. The van der Waals surface area contributed by atoms with Crippen molar-refractivity contribution in [1.82, 2.24) is 5.32 Å². The Morgan fingerprint density at radius 2 is 0.548 bits per heavy atom. The number of aliphatic hydroxyl groups is 2. The Balaban J connectivity index is 3.35. The van der Waals surface area contributed by atoms with Crippen molar-refractivity contribution in [3.8, 4) is 0 Å². The fourth-order valence-corrected chi connectivity index (χ4v) is 12.6. The Bertz CT molecular complexity index is 1270. The molecule has 0 aromatic carbocycles. The van der Waals surface area contributed by atoms with Crippen LogP contribution in [0.1, 0.15) is 450 Å². The predicted octanol–water partition coefficient (Wildman–Crippen LogP) is 25.5. The van der Waals surface area contributed by atoms with Gasteiger partial charge in [0.2, 0.25) is 5.91 Å². The predicted molar refractivity (Wildman–Crippen MR) is 370 cm³/mol. The first-order valence-corrected chi connectivity index (χ1v) is 39.0. The molecule has 3 N–H and O–H groups in total. The Morgan fingerprint density at radius 3 is 0.810 bits per heavy atom. The van der Waals surface area contributed by atoms with E-state index >= 15 is 0 Å². The first-order chi connectivity index (χ1) is 41.5. The van der Waals surface area contributed by atoms with Crippen molar-refractivity contribution in [2.24, 2.45) is 0 Å². The van der Waals surface area contributed by atoms with Gasteiger partial charge in [-0.2, -0.15) is 0 Å². The molecule has 500 valence electrons. The number of unbranched alkanes of at least 4 members (excludes halogenated alkanes) is 63. The second-order valence-electron chi connectivity index (χ2n) is 27.1. The molecule has 0 aromatic heterocycles. The molecular formula is C78H153NO5. The van der Waals surface area contributed by atoms with E-state index in [1.54, 1.807) is 6.08 Å². The maximum atomic E-state index is 12.5. The highest BCUT2D eigenvalue weighted by atomic mass is 16.5. The maximum Gasteiger partial charge on any atom is 0.305 e. The normalized spacial score (nSPS) is 12.5. The number of esters is 1. The lowest BCUT2D eigenvalue weighted by Crippen LogP contribution is -2.45. The molecule has 0 saturated carbocycles. The Hall–Kier alpha value is -1.40. The number of carbonyl (C=O) groups is 2. The maximum absolute atomic E-state index is 12.5. The number of amides is 1. The van der Waals surface area contributed by atoms with Crippen LogP contribution in [0.15, 0.2) is 12.2 Å². The molecule has 0 spiro atoms. The van der Waals surface area contributed by atoms with E-state index in [0.717, 1.165) is 38.5 Å². The topological polar surface area (TPSA) is 95.9 Å². The molecule has 0 aromatic rings. The number of hydrogen-bond donors (Lipinski definition) is 3. The highest BCUT2D eigenvalue weighted by molar-refractivity contribution is 5.76. The van der Waals surface area contributed by atoms with Gasteiger partial charge in [0.1, 0.15) is 0 Å². The highest BCUT2D eigenvalue weighted by Gasteiger charge is 2.18. The number of nitrogens with one attached hydrogen (secondary N) is 1. The summed E-state index contributed by atoms with van der Waals surface area (Å²) in [5, 5.41) is 23.3. The zero-order chi connectivity index (χ0) is 60.6. The molecule has 6 nitrogen and oxygen atoms in total. The molecule has 2 atom stereocenters. The minimum absolute atomic E-state index is 0.0233. The second kappa shape index (κ2) is 74.1. The molecule has 0 bridgehead atoms. The van der Waals surface area contributed by atoms with Crippen LogP contribution in [0.5, 0.6) is 0 Å². The van der Waals surface area contributed by atoms with E-state index in [0.29, 0.717) is 19.4 Å². The first kappa shape index (κ1) is 82.6. The van der Waals surface area contributed by atoms with Crippen molar-refractivity contribution in [2.75, 3.05) is 13.2 Å². The van der Waals surface area contributed by atoms with Gasteiger partial charge in [0.05, 0.1) is 25.4 Å². The van der Waals surface area contributed by atoms with E-state index in [1.807, 2.05) is 6.08 Å². The molecule has 1 amide bonds. The van der Waals surface area contributed by atoms with Gasteiger partial charge in [-0.25, -0.2) is 0 Å². The monoisotopic (exact) mass is 1180 g/mol. The fourth-order valence-electron chi connectivity index (χ4n) is 12.6. The van der Waals surface area contributed by atoms with E-state index in [1.165, 1.54) is 385 Å². The van der Waals surface area contributed by atoms with Gasteiger partial charge < -0.3 is 20.3 Å². The summed E-state index contributed by atoms with van der Waals surface area (Å²) < 4.78 is 5.51. The average Bonchev–Trinajstić information content (AvgIpc) is 3.53. The van der Waals surface area contributed by atoms with Gasteiger partial charge >= 0.3 is 5.97 Å². The van der Waals surface area contributed by atoms with Crippen molar-refractivity contribution >= 4 is 11.9 Å². The highest BCUT2D eigenvalue weighted by Crippen LogP contribution is 2.20. The summed E-state index contributed by atoms with van der Waals surface area (Å²) in [6, 6.07) is -0.626. The largest absolute Gasteiger partial charge is 0.466 e. The van der Waals surface area contributed by atoms with E-state index < -0.39 is 12.1 Å². The minimum Gasteiger partial charge on any atom is -0.466 e. The summed E-state index contributed by atoms with van der Waals surface area (Å²) in [4.78, 5) is 24.6. The van der Waals surface area contributed by atoms with E-state index in [-0.39, 0.29) is 18.5 Å². The van der Waals surface area contributed by atoms with Gasteiger partial charge in [-0.15, -0.1) is 0 Å². The molecular weight excluding hydrogens is 1030 g/mol. The lowest BCUT2D eigenvalue weighted by Gasteiger charge is -2.20. The third kappa shape index (κ3) is 69.7. The summed E-state index contributed by atoms with van der Waals surface area (Å²) in [6.07, 6.45) is 93.3. The molecule has 0 fully saturated rings. The van der Waals surface area contributed by atoms with Gasteiger partial charge in [0.25, 0.3) is 0 Å². The molecule has 0 aliphatic heterocycles. The van der Waals surface area contributed by atoms with Crippen molar-refractivity contribution in [1.29, 1.82) is 0 Å². The van der Waals surface area contributed by atoms with Gasteiger partial charge in [0, 0.05) is 12.8 Å². The van der Waals surface area contributed by atoms with Crippen LogP contribution in [0.25, 0.3) is 0 Å². The SMILES string of the molecule is CCCCCCCCCCCCCCCCCCCCCCC/C=C/C(O)C(CO)NC(=O)CCCCCCCCCCCCCCCCCCCCCCCCCCCCCCCOC(=O)CCCCCCCCCCCCCCCCC. The number of hydrogen-bond acceptors (Lipinski definition) is 5. The fraction of sp³-hybridized carbons (Fsp3) is 0.949. The van der Waals surface area contributed by atoms with Crippen LogP contribution < -0.4 is 5.32 Å². The van der Waals surface area contributed by atoms with E-state index in [9.17, 15) is 19.8 Å². The van der Waals surface area contributed by atoms with E-state index in [4.69, 9.17) is 4.74 Å². The molecule has 0 aliphatic carbocycles. The van der Waals surface area contributed by atoms with Gasteiger partial charge in [0.15, 0.2) is 0 Å². The lowest BCUT2D eigenvalue weighted by molar-refractivity contribution is -0.143. The summed E-state index contributed by atoms with van der Waals surface area (Å²) in [5.74, 6) is -0.0356. The van der Waals surface area contributed by atoms with Crippen molar-refractivity contribution in [3.05, 3.63) is 12.2 Å². The van der Waals surface area contributed by atoms with Crippen molar-refractivity contribution in [3.63, 3.8) is 0 Å². The molecule has 0 radical (unpaired) electrons. The third-order valence-corrected chi connectivity index (χ3v) is 18.6. The van der Waals surface area contributed by atoms with Crippen LogP contribution in [0, 0.1) is 0 Å².